The number of likely N-dealkylation sites (N-methyl/N-ethyl adjacent to an activating group) is 1. The van der Waals surface area contributed by atoms with E-state index in [1.165, 1.54) is 0 Å². The average Bonchev–Trinajstić information content (AvgIpc) is 2.52. The Labute approximate surface area is 125 Å². The number of rotatable bonds is 1. The number of likely N-dealkylation sites (tertiary alicyclic amines) is 1. The lowest BCUT2D eigenvalue weighted by Crippen LogP contribution is -2.58. The van der Waals surface area contributed by atoms with Gasteiger partial charge in [-0.15, -0.1) is 0 Å². The van der Waals surface area contributed by atoms with Gasteiger partial charge in [-0.3, -0.25) is 9.59 Å². The molecule has 2 amide bonds. The molecule has 2 heterocycles. The summed E-state index contributed by atoms with van der Waals surface area (Å²) in [5, 5.41) is 0. The van der Waals surface area contributed by atoms with Crippen LogP contribution in [-0.2, 0) is 14.3 Å². The first-order valence-corrected chi connectivity index (χ1v) is 7.91. The van der Waals surface area contributed by atoms with Gasteiger partial charge in [0.25, 0.3) is 0 Å². The Morgan fingerprint density at radius 1 is 1.33 bits per heavy atom. The Hall–Kier alpha value is -1.36. The summed E-state index contributed by atoms with van der Waals surface area (Å²) >= 11 is 0. The molecule has 0 radical (unpaired) electrons. The Morgan fingerprint density at radius 2 is 2.10 bits per heavy atom. The first-order chi connectivity index (χ1) is 10.1. The van der Waals surface area contributed by atoms with E-state index in [2.05, 4.69) is 12.2 Å². The van der Waals surface area contributed by atoms with Crippen LogP contribution in [0.15, 0.2) is 12.2 Å². The molecule has 5 nitrogen and oxygen atoms in total. The zero-order chi connectivity index (χ0) is 14.9. The normalized spacial score (nSPS) is 29.0. The van der Waals surface area contributed by atoms with Crippen LogP contribution in [0.4, 0.5) is 0 Å². The molecule has 1 spiro atoms. The largest absolute Gasteiger partial charge is 0.363 e. The van der Waals surface area contributed by atoms with Crippen molar-refractivity contribution in [1.82, 2.24) is 9.80 Å². The Bertz CT molecular complexity index is 452. The van der Waals surface area contributed by atoms with E-state index in [9.17, 15) is 9.59 Å². The molecule has 0 unspecified atom stereocenters. The van der Waals surface area contributed by atoms with Crippen LogP contribution in [-0.4, -0.2) is 60.5 Å². The fourth-order valence-electron chi connectivity index (χ4n) is 3.60. The van der Waals surface area contributed by atoms with Gasteiger partial charge in [-0.2, -0.15) is 0 Å². The van der Waals surface area contributed by atoms with Gasteiger partial charge in [-0.1, -0.05) is 12.2 Å². The van der Waals surface area contributed by atoms with Crippen molar-refractivity contribution in [3.63, 3.8) is 0 Å². The maximum Gasteiger partial charge on any atom is 0.248 e. The van der Waals surface area contributed by atoms with Crippen LogP contribution in [0.1, 0.15) is 32.1 Å². The molecule has 21 heavy (non-hydrogen) atoms. The SMILES string of the molecule is CN1CC2(CCN(C(=O)[C@H]3CC=CCC3)CC2)OCC1=O. The number of piperidine rings is 1. The first kappa shape index (κ1) is 14.6. The lowest BCUT2D eigenvalue weighted by atomic mass is 9.87. The Morgan fingerprint density at radius 3 is 2.71 bits per heavy atom. The highest BCUT2D eigenvalue weighted by molar-refractivity contribution is 5.79. The Kier molecular flexibility index (Phi) is 4.02. The van der Waals surface area contributed by atoms with Crippen LogP contribution in [0.2, 0.25) is 0 Å². The van der Waals surface area contributed by atoms with E-state index < -0.39 is 0 Å². The molecule has 1 atom stereocenters. The standard InChI is InChI=1S/C16H24N2O3/c1-17-12-16(21-11-14(17)19)7-9-18(10-8-16)15(20)13-5-3-2-4-6-13/h2-3,13H,4-12H2,1H3/t13-/m0/s1. The fraction of sp³-hybridized carbons (Fsp3) is 0.750. The molecule has 5 heteroatoms. The number of allylic oxidation sites excluding steroid dienone is 2. The number of hydrogen-bond acceptors (Lipinski definition) is 3. The molecule has 116 valence electrons. The van der Waals surface area contributed by atoms with Crippen LogP contribution in [0.25, 0.3) is 0 Å². The lowest BCUT2D eigenvalue weighted by Gasteiger charge is -2.46. The van der Waals surface area contributed by atoms with E-state index in [0.29, 0.717) is 12.5 Å². The monoisotopic (exact) mass is 292 g/mol. The van der Waals surface area contributed by atoms with Gasteiger partial charge < -0.3 is 14.5 Å². The zero-order valence-electron chi connectivity index (χ0n) is 12.7. The van der Waals surface area contributed by atoms with Crippen LogP contribution >= 0.6 is 0 Å². The molecule has 0 aromatic carbocycles. The van der Waals surface area contributed by atoms with Crippen molar-refractivity contribution in [3.8, 4) is 0 Å². The van der Waals surface area contributed by atoms with Gasteiger partial charge in [0.05, 0.1) is 5.60 Å². The minimum atomic E-state index is -0.230. The van der Waals surface area contributed by atoms with Crippen molar-refractivity contribution in [3.05, 3.63) is 12.2 Å². The van der Waals surface area contributed by atoms with E-state index in [1.54, 1.807) is 4.90 Å². The molecular weight excluding hydrogens is 268 g/mol. The highest BCUT2D eigenvalue weighted by atomic mass is 16.5. The van der Waals surface area contributed by atoms with Gasteiger partial charge in [0.1, 0.15) is 6.61 Å². The third-order valence-electron chi connectivity index (χ3n) is 5.06. The maximum atomic E-state index is 12.5. The average molecular weight is 292 g/mol. The van der Waals surface area contributed by atoms with Crippen molar-refractivity contribution >= 4 is 11.8 Å². The predicted molar refractivity (Wildman–Crippen MR) is 78.6 cm³/mol. The van der Waals surface area contributed by atoms with E-state index >= 15 is 0 Å². The number of hydrogen-bond donors (Lipinski definition) is 0. The summed E-state index contributed by atoms with van der Waals surface area (Å²) in [6.07, 6.45) is 8.83. The first-order valence-electron chi connectivity index (χ1n) is 7.91. The summed E-state index contributed by atoms with van der Waals surface area (Å²) < 4.78 is 5.82. The van der Waals surface area contributed by atoms with Gasteiger partial charge >= 0.3 is 0 Å². The van der Waals surface area contributed by atoms with Crippen LogP contribution in [0.3, 0.4) is 0 Å². The molecule has 2 saturated heterocycles. The van der Waals surface area contributed by atoms with Crippen LogP contribution < -0.4 is 0 Å². The van der Waals surface area contributed by atoms with E-state index in [-0.39, 0.29) is 24.0 Å². The summed E-state index contributed by atoms with van der Waals surface area (Å²) in [6, 6.07) is 0. The Balaban J connectivity index is 1.56. The molecule has 2 aliphatic heterocycles. The summed E-state index contributed by atoms with van der Waals surface area (Å²) in [5.41, 5.74) is -0.230. The van der Waals surface area contributed by atoms with Crippen molar-refractivity contribution in [2.45, 2.75) is 37.7 Å². The number of amides is 2. The van der Waals surface area contributed by atoms with E-state index in [0.717, 1.165) is 45.2 Å². The molecule has 0 bridgehead atoms. The molecular formula is C16H24N2O3. The predicted octanol–water partition coefficient (Wildman–Crippen LogP) is 1.19. The van der Waals surface area contributed by atoms with E-state index in [1.807, 2.05) is 11.9 Å². The summed E-state index contributed by atoms with van der Waals surface area (Å²) in [4.78, 5) is 27.8. The molecule has 3 aliphatic rings. The number of ether oxygens (including phenoxy) is 1. The van der Waals surface area contributed by atoms with Gasteiger partial charge in [0.2, 0.25) is 11.8 Å². The summed E-state index contributed by atoms with van der Waals surface area (Å²) in [7, 11) is 1.83. The lowest BCUT2D eigenvalue weighted by molar-refractivity contribution is -0.171. The van der Waals surface area contributed by atoms with Gasteiger partial charge in [0, 0.05) is 32.6 Å². The topological polar surface area (TPSA) is 49.9 Å². The molecule has 0 saturated carbocycles. The smallest absolute Gasteiger partial charge is 0.248 e. The molecule has 0 aromatic heterocycles. The van der Waals surface area contributed by atoms with Crippen molar-refractivity contribution in [2.24, 2.45) is 5.92 Å². The second kappa shape index (κ2) is 5.79. The zero-order valence-corrected chi connectivity index (χ0v) is 12.7. The molecule has 3 rings (SSSR count). The van der Waals surface area contributed by atoms with Gasteiger partial charge in [-0.25, -0.2) is 0 Å². The summed E-state index contributed by atoms with van der Waals surface area (Å²) in [6.45, 7) is 2.33. The number of nitrogens with zero attached hydrogens (tertiary/aromatic N) is 2. The number of morpholine rings is 1. The molecule has 2 fully saturated rings. The molecule has 1 aliphatic carbocycles. The maximum absolute atomic E-state index is 12.5. The molecule has 0 aromatic rings. The number of carbonyl (C=O) groups excluding carboxylic acids is 2. The van der Waals surface area contributed by atoms with Crippen molar-refractivity contribution < 1.29 is 14.3 Å². The van der Waals surface area contributed by atoms with Crippen molar-refractivity contribution in [1.29, 1.82) is 0 Å². The number of carbonyl (C=O) groups is 2. The second-order valence-corrected chi connectivity index (χ2v) is 6.53. The van der Waals surface area contributed by atoms with E-state index in [4.69, 9.17) is 4.74 Å². The van der Waals surface area contributed by atoms with Gasteiger partial charge in [-0.05, 0) is 32.1 Å². The van der Waals surface area contributed by atoms with Crippen LogP contribution in [0, 0.1) is 5.92 Å². The molecule has 0 N–H and O–H groups in total. The minimum absolute atomic E-state index is 0.0492. The fourth-order valence-corrected chi connectivity index (χ4v) is 3.60. The highest BCUT2D eigenvalue weighted by Crippen LogP contribution is 2.31. The van der Waals surface area contributed by atoms with Gasteiger partial charge in [0.15, 0.2) is 0 Å². The van der Waals surface area contributed by atoms with Crippen LogP contribution in [0.5, 0.6) is 0 Å². The minimum Gasteiger partial charge on any atom is -0.363 e. The third-order valence-corrected chi connectivity index (χ3v) is 5.06. The quantitative estimate of drug-likeness (QED) is 0.682. The third kappa shape index (κ3) is 2.98. The second-order valence-electron chi connectivity index (χ2n) is 6.53. The highest BCUT2D eigenvalue weighted by Gasteiger charge is 2.42. The summed E-state index contributed by atoms with van der Waals surface area (Å²) in [5.74, 6) is 0.517. The van der Waals surface area contributed by atoms with Crippen molar-refractivity contribution in [2.75, 3.05) is 33.3 Å².